The molecule has 0 radical (unpaired) electrons. The van der Waals surface area contributed by atoms with Crippen molar-refractivity contribution in [2.24, 2.45) is 0 Å². The van der Waals surface area contributed by atoms with Gasteiger partial charge in [0.25, 0.3) is 0 Å². The first-order chi connectivity index (χ1) is 8.61. The summed E-state index contributed by atoms with van der Waals surface area (Å²) in [5.41, 5.74) is 1.13. The normalized spacial score (nSPS) is 10.7. The molecule has 2 N–H and O–H groups in total. The number of benzene rings is 1. The first kappa shape index (κ1) is 15.1. The summed E-state index contributed by atoms with van der Waals surface area (Å²) < 4.78 is 0. The summed E-state index contributed by atoms with van der Waals surface area (Å²) in [5, 5.41) is 6.48. The van der Waals surface area contributed by atoms with Gasteiger partial charge in [0.2, 0.25) is 5.91 Å². The van der Waals surface area contributed by atoms with Gasteiger partial charge in [-0.3, -0.25) is 4.79 Å². The van der Waals surface area contributed by atoms with Crippen LogP contribution < -0.4 is 10.6 Å². The number of likely N-dealkylation sites (N-methyl/N-ethyl adjacent to an activating group) is 1. The molecular weight excluding hydrogens is 244 g/mol. The van der Waals surface area contributed by atoms with E-state index in [4.69, 9.17) is 0 Å². The van der Waals surface area contributed by atoms with Gasteiger partial charge in [0.1, 0.15) is 0 Å². The van der Waals surface area contributed by atoms with Gasteiger partial charge in [-0.05, 0) is 24.2 Å². The van der Waals surface area contributed by atoms with E-state index in [2.05, 4.69) is 48.7 Å². The highest BCUT2D eigenvalue weighted by molar-refractivity contribution is 7.99. The molecule has 4 heteroatoms. The molecule has 18 heavy (non-hydrogen) atoms. The zero-order chi connectivity index (χ0) is 13.4. The number of rotatable bonds is 7. The number of thioether (sulfide) groups is 1. The highest BCUT2D eigenvalue weighted by atomic mass is 32.2. The van der Waals surface area contributed by atoms with Crippen LogP contribution in [0.5, 0.6) is 0 Å². The highest BCUT2D eigenvalue weighted by Gasteiger charge is 2.01. The third-order valence-corrected chi connectivity index (χ3v) is 3.34. The Labute approximate surface area is 114 Å². The van der Waals surface area contributed by atoms with Crippen LogP contribution in [0.15, 0.2) is 29.2 Å². The van der Waals surface area contributed by atoms with E-state index in [0.29, 0.717) is 18.3 Å². The molecule has 100 valence electrons. The maximum absolute atomic E-state index is 11.4. The van der Waals surface area contributed by atoms with Crippen molar-refractivity contribution in [2.45, 2.75) is 37.5 Å². The van der Waals surface area contributed by atoms with Crippen molar-refractivity contribution in [3.8, 4) is 0 Å². The van der Waals surface area contributed by atoms with E-state index in [1.54, 1.807) is 0 Å². The van der Waals surface area contributed by atoms with Crippen molar-refractivity contribution < 1.29 is 4.79 Å². The number of nitrogens with one attached hydrogen (secondary N) is 2. The Morgan fingerprint density at radius 3 is 2.50 bits per heavy atom. The van der Waals surface area contributed by atoms with Gasteiger partial charge in [-0.15, -0.1) is 11.8 Å². The monoisotopic (exact) mass is 266 g/mol. The molecule has 0 aliphatic heterocycles. The lowest BCUT2D eigenvalue weighted by molar-refractivity contribution is -0.120. The van der Waals surface area contributed by atoms with Crippen molar-refractivity contribution in [2.75, 3.05) is 13.1 Å². The van der Waals surface area contributed by atoms with Crippen LogP contribution in [0.25, 0.3) is 0 Å². The smallest absolute Gasteiger partial charge is 0.234 e. The Balaban J connectivity index is 2.37. The maximum atomic E-state index is 11.4. The molecule has 0 aromatic heterocycles. The minimum atomic E-state index is 0.0393. The van der Waals surface area contributed by atoms with E-state index < -0.39 is 0 Å². The Morgan fingerprint density at radius 2 is 1.94 bits per heavy atom. The van der Waals surface area contributed by atoms with Crippen LogP contribution in [-0.2, 0) is 11.3 Å². The highest BCUT2D eigenvalue weighted by Crippen LogP contribution is 2.22. The molecule has 1 aromatic rings. The first-order valence-electron chi connectivity index (χ1n) is 6.34. The van der Waals surface area contributed by atoms with E-state index in [0.717, 1.165) is 12.1 Å². The lowest BCUT2D eigenvalue weighted by Gasteiger charge is -2.08. The summed E-state index contributed by atoms with van der Waals surface area (Å²) in [6.07, 6.45) is 0. The molecule has 0 unspecified atom stereocenters. The van der Waals surface area contributed by atoms with Crippen LogP contribution in [0.4, 0.5) is 0 Å². The van der Waals surface area contributed by atoms with Gasteiger partial charge in [-0.2, -0.15) is 0 Å². The van der Waals surface area contributed by atoms with Gasteiger partial charge in [0, 0.05) is 16.7 Å². The average molecular weight is 266 g/mol. The van der Waals surface area contributed by atoms with Gasteiger partial charge in [0.15, 0.2) is 0 Å². The molecule has 0 spiro atoms. The van der Waals surface area contributed by atoms with Crippen LogP contribution in [0.2, 0.25) is 0 Å². The van der Waals surface area contributed by atoms with Crippen molar-refractivity contribution in [3.05, 3.63) is 29.8 Å². The number of hydrogen-bond donors (Lipinski definition) is 2. The second-order valence-corrected chi connectivity index (χ2v) is 6.02. The zero-order valence-corrected chi connectivity index (χ0v) is 12.1. The minimum absolute atomic E-state index is 0.0393. The summed E-state index contributed by atoms with van der Waals surface area (Å²) in [5.74, 6) is 0.0393. The summed E-state index contributed by atoms with van der Waals surface area (Å²) in [7, 11) is 0. The van der Waals surface area contributed by atoms with Crippen LogP contribution in [0.1, 0.15) is 26.3 Å². The largest absolute Gasteiger partial charge is 0.351 e. The van der Waals surface area contributed by atoms with Crippen LogP contribution in [-0.4, -0.2) is 24.2 Å². The fourth-order valence-electron chi connectivity index (χ4n) is 1.46. The van der Waals surface area contributed by atoms with E-state index in [9.17, 15) is 4.79 Å². The fourth-order valence-corrected chi connectivity index (χ4v) is 2.30. The maximum Gasteiger partial charge on any atom is 0.234 e. The number of hydrogen-bond acceptors (Lipinski definition) is 3. The number of amides is 1. The summed E-state index contributed by atoms with van der Waals surface area (Å²) >= 11 is 1.85. The fraction of sp³-hybridized carbons (Fsp3) is 0.500. The minimum Gasteiger partial charge on any atom is -0.351 e. The molecule has 0 atom stereocenters. The second-order valence-electron chi connectivity index (χ2n) is 4.37. The number of carbonyl (C=O) groups is 1. The molecule has 0 bridgehead atoms. The van der Waals surface area contributed by atoms with Crippen molar-refractivity contribution >= 4 is 17.7 Å². The Morgan fingerprint density at radius 1 is 1.28 bits per heavy atom. The van der Waals surface area contributed by atoms with Crippen LogP contribution >= 0.6 is 11.8 Å². The van der Waals surface area contributed by atoms with Crippen molar-refractivity contribution in [1.82, 2.24) is 10.6 Å². The molecule has 1 aromatic carbocycles. The third-order valence-electron chi connectivity index (χ3n) is 2.32. The molecule has 3 nitrogen and oxygen atoms in total. The first-order valence-corrected chi connectivity index (χ1v) is 7.22. The van der Waals surface area contributed by atoms with Gasteiger partial charge >= 0.3 is 0 Å². The molecular formula is C14H22N2OS. The van der Waals surface area contributed by atoms with E-state index >= 15 is 0 Å². The van der Waals surface area contributed by atoms with E-state index in [1.165, 1.54) is 4.90 Å². The third kappa shape index (κ3) is 6.07. The Bertz CT molecular complexity index is 363. The predicted octanol–water partition coefficient (Wildman–Crippen LogP) is 2.41. The topological polar surface area (TPSA) is 41.1 Å². The molecule has 0 saturated heterocycles. The van der Waals surface area contributed by atoms with Crippen molar-refractivity contribution in [1.29, 1.82) is 0 Å². The lowest BCUT2D eigenvalue weighted by Crippen LogP contribution is -2.33. The van der Waals surface area contributed by atoms with E-state index in [-0.39, 0.29) is 5.91 Å². The predicted molar refractivity (Wildman–Crippen MR) is 77.8 cm³/mol. The molecule has 1 amide bonds. The number of carbonyl (C=O) groups excluding carboxylic acids is 1. The molecule has 0 aliphatic carbocycles. The molecule has 0 heterocycles. The van der Waals surface area contributed by atoms with Crippen molar-refractivity contribution in [3.63, 3.8) is 0 Å². The quantitative estimate of drug-likeness (QED) is 0.745. The molecule has 1 rings (SSSR count). The summed E-state index contributed by atoms with van der Waals surface area (Å²) in [6, 6.07) is 8.35. The average Bonchev–Trinajstić information content (AvgIpc) is 2.35. The van der Waals surface area contributed by atoms with Gasteiger partial charge in [-0.1, -0.05) is 32.9 Å². The van der Waals surface area contributed by atoms with Gasteiger partial charge < -0.3 is 10.6 Å². The van der Waals surface area contributed by atoms with Crippen LogP contribution in [0.3, 0.4) is 0 Å². The Hall–Kier alpha value is -1.00. The van der Waals surface area contributed by atoms with Gasteiger partial charge in [-0.25, -0.2) is 0 Å². The standard InChI is InChI=1S/C14H22N2OS/c1-4-15-10-14(17)16-9-12-5-7-13(8-6-12)18-11(2)3/h5-8,11,15H,4,9-10H2,1-3H3,(H,16,17). The van der Waals surface area contributed by atoms with E-state index in [1.807, 2.05) is 18.7 Å². The summed E-state index contributed by atoms with van der Waals surface area (Å²) in [6.45, 7) is 8.14. The molecule has 0 aliphatic rings. The zero-order valence-electron chi connectivity index (χ0n) is 11.3. The Kier molecular flexibility index (Phi) is 6.83. The van der Waals surface area contributed by atoms with Crippen LogP contribution in [0, 0.1) is 0 Å². The lowest BCUT2D eigenvalue weighted by atomic mass is 10.2. The summed E-state index contributed by atoms with van der Waals surface area (Å²) in [4.78, 5) is 12.7. The molecule has 0 saturated carbocycles. The molecule has 0 fully saturated rings. The second kappa shape index (κ2) is 8.16. The SMILES string of the molecule is CCNCC(=O)NCc1ccc(SC(C)C)cc1. The van der Waals surface area contributed by atoms with Gasteiger partial charge in [0.05, 0.1) is 6.54 Å².